The third-order valence-corrected chi connectivity index (χ3v) is 6.82. The molecule has 1 nitrogen and oxygen atoms in total. The fourth-order valence-electron chi connectivity index (χ4n) is 4.88. The fourth-order valence-corrected chi connectivity index (χ4v) is 5.54. The Kier molecular flexibility index (Phi) is 3.36. The van der Waals surface area contributed by atoms with Gasteiger partial charge in [-0.25, -0.2) is 0 Å². The Morgan fingerprint density at radius 3 is 1.82 bits per heavy atom. The first kappa shape index (κ1) is 16.4. The van der Waals surface area contributed by atoms with Crippen LogP contribution in [-0.4, -0.2) is 0 Å². The minimum atomic E-state index is -0.454. The van der Waals surface area contributed by atoms with Crippen molar-refractivity contribution in [3.05, 3.63) is 117 Å². The van der Waals surface area contributed by atoms with Crippen molar-refractivity contribution in [1.29, 1.82) is 0 Å². The average molecular weight is 446 g/mol. The van der Waals surface area contributed by atoms with E-state index in [1.54, 1.807) is 0 Å². The third kappa shape index (κ3) is 1.87. The van der Waals surface area contributed by atoms with Crippen molar-refractivity contribution in [3.63, 3.8) is 0 Å². The first-order valence-corrected chi connectivity index (χ1v) is 10.3. The van der Waals surface area contributed by atoms with Crippen molar-refractivity contribution in [2.75, 3.05) is 0 Å². The Bertz CT molecular complexity index is 1180. The molecule has 4 aromatic carbocycles. The molecule has 6 rings (SSSR count). The number of hydrogen-bond acceptors (Lipinski definition) is 1. The van der Waals surface area contributed by atoms with Crippen LogP contribution in [0.2, 0.25) is 5.02 Å². The van der Waals surface area contributed by atoms with Crippen LogP contribution in [0.25, 0.3) is 11.1 Å². The SMILES string of the molecule is Clc1cccc2c1Oc1c(Br)cccc1C21c2ccccc2-c2ccccc21. The van der Waals surface area contributed by atoms with Gasteiger partial charge in [-0.05, 0) is 50.3 Å². The van der Waals surface area contributed by atoms with Gasteiger partial charge in [0, 0.05) is 11.1 Å². The van der Waals surface area contributed by atoms with Gasteiger partial charge in [0.2, 0.25) is 0 Å². The zero-order valence-corrected chi connectivity index (χ0v) is 17.1. The summed E-state index contributed by atoms with van der Waals surface area (Å²) in [6.07, 6.45) is 0. The molecule has 134 valence electrons. The first-order valence-electron chi connectivity index (χ1n) is 9.18. The molecule has 0 bridgehead atoms. The Morgan fingerprint density at radius 1 is 0.607 bits per heavy atom. The summed E-state index contributed by atoms with van der Waals surface area (Å²) in [6, 6.07) is 29.6. The monoisotopic (exact) mass is 444 g/mol. The van der Waals surface area contributed by atoms with E-state index < -0.39 is 5.41 Å². The maximum absolute atomic E-state index is 6.64. The van der Waals surface area contributed by atoms with E-state index in [-0.39, 0.29) is 0 Å². The Balaban J connectivity index is 1.88. The molecular formula is C25H14BrClO. The molecular weight excluding hydrogens is 432 g/mol. The summed E-state index contributed by atoms with van der Waals surface area (Å²) in [5, 5.41) is 0.625. The van der Waals surface area contributed by atoms with Crippen LogP contribution in [0.3, 0.4) is 0 Å². The molecule has 0 radical (unpaired) electrons. The quantitative estimate of drug-likeness (QED) is 0.234. The van der Waals surface area contributed by atoms with Crippen LogP contribution in [0.15, 0.2) is 89.4 Å². The van der Waals surface area contributed by atoms with Crippen LogP contribution in [-0.2, 0) is 5.41 Å². The lowest BCUT2D eigenvalue weighted by molar-refractivity contribution is 0.434. The van der Waals surface area contributed by atoms with E-state index in [0.717, 1.165) is 27.1 Å². The molecule has 3 heteroatoms. The van der Waals surface area contributed by atoms with Gasteiger partial charge in [-0.3, -0.25) is 0 Å². The molecule has 4 aromatic rings. The van der Waals surface area contributed by atoms with Gasteiger partial charge in [0.1, 0.15) is 5.75 Å². The fraction of sp³-hybridized carbons (Fsp3) is 0.0400. The molecule has 0 unspecified atom stereocenters. The van der Waals surface area contributed by atoms with Gasteiger partial charge in [-0.15, -0.1) is 0 Å². The molecule has 0 fully saturated rings. The minimum Gasteiger partial charge on any atom is -0.454 e. The second-order valence-corrected chi connectivity index (χ2v) is 8.44. The highest BCUT2D eigenvalue weighted by Gasteiger charge is 2.51. The maximum Gasteiger partial charge on any atom is 0.150 e. The summed E-state index contributed by atoms with van der Waals surface area (Å²) in [5.41, 5.74) is 6.82. The number of para-hydroxylation sites is 2. The number of hydrogen-bond donors (Lipinski definition) is 0. The lowest BCUT2D eigenvalue weighted by atomic mass is 9.66. The van der Waals surface area contributed by atoms with Gasteiger partial charge < -0.3 is 4.74 Å². The van der Waals surface area contributed by atoms with Crippen LogP contribution < -0.4 is 4.74 Å². The lowest BCUT2D eigenvalue weighted by Gasteiger charge is -2.39. The first-order chi connectivity index (χ1) is 13.7. The highest BCUT2D eigenvalue weighted by atomic mass is 79.9. The van der Waals surface area contributed by atoms with Crippen LogP contribution in [0.1, 0.15) is 22.3 Å². The van der Waals surface area contributed by atoms with Gasteiger partial charge in [0.25, 0.3) is 0 Å². The molecule has 1 aliphatic heterocycles. The summed E-state index contributed by atoms with van der Waals surface area (Å²) in [5.74, 6) is 1.56. The molecule has 2 aliphatic rings. The van der Waals surface area contributed by atoms with Crippen molar-refractivity contribution >= 4 is 27.5 Å². The van der Waals surface area contributed by atoms with Gasteiger partial charge in [0.15, 0.2) is 5.75 Å². The van der Waals surface area contributed by atoms with E-state index in [1.165, 1.54) is 22.3 Å². The van der Waals surface area contributed by atoms with Crippen LogP contribution in [0.4, 0.5) is 0 Å². The topological polar surface area (TPSA) is 9.23 Å². The average Bonchev–Trinajstić information content (AvgIpc) is 3.02. The standard InChI is InChI=1S/C25H14BrClO/c26-21-13-5-11-19-23(21)28-24-20(12-6-14-22(24)27)25(19)17-9-3-1-7-15(17)16-8-2-4-10-18(16)25/h1-14H. The predicted molar refractivity (Wildman–Crippen MR) is 117 cm³/mol. The van der Waals surface area contributed by atoms with Crippen molar-refractivity contribution in [2.24, 2.45) is 0 Å². The summed E-state index contributed by atoms with van der Waals surface area (Å²) in [4.78, 5) is 0. The Morgan fingerprint density at radius 2 is 1.14 bits per heavy atom. The number of rotatable bonds is 0. The van der Waals surface area contributed by atoms with Crippen molar-refractivity contribution < 1.29 is 4.74 Å². The van der Waals surface area contributed by atoms with Crippen molar-refractivity contribution in [1.82, 2.24) is 0 Å². The summed E-state index contributed by atoms with van der Waals surface area (Å²) < 4.78 is 7.30. The largest absolute Gasteiger partial charge is 0.454 e. The third-order valence-electron chi connectivity index (χ3n) is 5.90. The molecule has 0 atom stereocenters. The normalized spacial score (nSPS) is 14.6. The number of fused-ring (bicyclic) bond motifs is 9. The second kappa shape index (κ2) is 5.73. The van der Waals surface area contributed by atoms with E-state index >= 15 is 0 Å². The van der Waals surface area contributed by atoms with Crippen molar-refractivity contribution in [2.45, 2.75) is 5.41 Å². The van der Waals surface area contributed by atoms with Crippen LogP contribution in [0, 0.1) is 0 Å². The number of ether oxygens (including phenoxy) is 1. The molecule has 1 heterocycles. The van der Waals surface area contributed by atoms with Crippen LogP contribution in [0.5, 0.6) is 11.5 Å². The molecule has 1 spiro atoms. The second-order valence-electron chi connectivity index (χ2n) is 7.18. The summed E-state index contributed by atoms with van der Waals surface area (Å²) >= 11 is 10.3. The van der Waals surface area contributed by atoms with E-state index in [1.807, 2.05) is 18.2 Å². The van der Waals surface area contributed by atoms with E-state index in [9.17, 15) is 0 Å². The maximum atomic E-state index is 6.64. The molecule has 0 amide bonds. The number of halogens is 2. The van der Waals surface area contributed by atoms with Gasteiger partial charge >= 0.3 is 0 Å². The van der Waals surface area contributed by atoms with Gasteiger partial charge in [-0.2, -0.15) is 0 Å². The summed E-state index contributed by atoms with van der Waals surface area (Å²) in [7, 11) is 0. The van der Waals surface area contributed by atoms with Crippen molar-refractivity contribution in [3.8, 4) is 22.6 Å². The molecule has 0 saturated heterocycles. The van der Waals surface area contributed by atoms with E-state index in [2.05, 4.69) is 82.7 Å². The molecule has 0 aromatic heterocycles. The predicted octanol–water partition coefficient (Wildman–Crippen LogP) is 7.57. The molecule has 0 N–H and O–H groups in total. The zero-order chi connectivity index (χ0) is 18.9. The summed E-state index contributed by atoms with van der Waals surface area (Å²) in [6.45, 7) is 0. The van der Waals surface area contributed by atoms with E-state index in [4.69, 9.17) is 16.3 Å². The smallest absolute Gasteiger partial charge is 0.150 e. The Labute approximate surface area is 176 Å². The molecule has 0 saturated carbocycles. The zero-order valence-electron chi connectivity index (χ0n) is 14.7. The minimum absolute atomic E-state index is 0.454. The number of benzene rings is 4. The Hall–Kier alpha value is -2.55. The van der Waals surface area contributed by atoms with E-state index in [0.29, 0.717) is 5.02 Å². The molecule has 28 heavy (non-hydrogen) atoms. The molecule has 1 aliphatic carbocycles. The lowest BCUT2D eigenvalue weighted by Crippen LogP contribution is -2.32. The van der Waals surface area contributed by atoms with Gasteiger partial charge in [-0.1, -0.05) is 84.4 Å². The van der Waals surface area contributed by atoms with Crippen LogP contribution >= 0.6 is 27.5 Å². The van der Waals surface area contributed by atoms with Gasteiger partial charge in [0.05, 0.1) is 14.9 Å². The highest BCUT2D eigenvalue weighted by Crippen LogP contribution is 2.63. The highest BCUT2D eigenvalue weighted by molar-refractivity contribution is 9.10.